The fourth-order valence-electron chi connectivity index (χ4n) is 3.28. The lowest BCUT2D eigenvalue weighted by Gasteiger charge is -2.11. The number of nitriles is 1. The van der Waals surface area contributed by atoms with Gasteiger partial charge in [0.1, 0.15) is 5.82 Å². The summed E-state index contributed by atoms with van der Waals surface area (Å²) in [5, 5.41) is 12.0. The first-order valence-electron chi connectivity index (χ1n) is 8.71. The Kier molecular flexibility index (Phi) is 4.24. The van der Waals surface area contributed by atoms with Gasteiger partial charge in [-0.3, -0.25) is 4.79 Å². The van der Waals surface area contributed by atoms with E-state index >= 15 is 0 Å². The Morgan fingerprint density at radius 1 is 1.15 bits per heavy atom. The van der Waals surface area contributed by atoms with E-state index in [1.807, 2.05) is 24.3 Å². The molecule has 128 valence electrons. The highest BCUT2D eigenvalue weighted by molar-refractivity contribution is 6.06. The average molecular weight is 342 g/mol. The van der Waals surface area contributed by atoms with Gasteiger partial charge in [-0.15, -0.1) is 0 Å². The number of hydrogen-bond acceptors (Lipinski definition) is 3. The lowest BCUT2D eigenvalue weighted by Crippen LogP contribution is -2.12. The number of benzene rings is 2. The Morgan fingerprint density at radius 3 is 2.88 bits per heavy atom. The monoisotopic (exact) mass is 342 g/mol. The maximum absolute atomic E-state index is 12.6. The highest BCUT2D eigenvalue weighted by atomic mass is 16.1. The number of aryl methyl sites for hydroxylation is 2. The minimum Gasteiger partial charge on any atom is -0.334 e. The second-order valence-corrected chi connectivity index (χ2v) is 6.39. The first-order valence-corrected chi connectivity index (χ1v) is 8.71. The van der Waals surface area contributed by atoms with Gasteiger partial charge in [-0.05, 0) is 37.1 Å². The topological polar surface area (TPSA) is 70.7 Å². The number of para-hydroxylation sites is 1. The highest BCUT2D eigenvalue weighted by Crippen LogP contribution is 2.29. The summed E-state index contributed by atoms with van der Waals surface area (Å²) >= 11 is 0. The summed E-state index contributed by atoms with van der Waals surface area (Å²) in [6, 6.07) is 16.4. The largest absolute Gasteiger partial charge is 0.334 e. The summed E-state index contributed by atoms with van der Waals surface area (Å²) in [5.74, 6) is 0.868. The van der Waals surface area contributed by atoms with Crippen LogP contribution >= 0.6 is 0 Å². The van der Waals surface area contributed by atoms with Crippen LogP contribution in [0.25, 0.3) is 11.3 Å². The number of fused-ring (bicyclic) bond motifs is 1. The molecule has 0 aliphatic carbocycles. The second-order valence-electron chi connectivity index (χ2n) is 6.39. The summed E-state index contributed by atoms with van der Waals surface area (Å²) in [6.45, 7) is 0.998. The lowest BCUT2D eigenvalue weighted by atomic mass is 10.1. The molecule has 2 heterocycles. The van der Waals surface area contributed by atoms with Crippen LogP contribution in [0.5, 0.6) is 0 Å². The minimum atomic E-state index is -0.237. The zero-order valence-corrected chi connectivity index (χ0v) is 14.3. The van der Waals surface area contributed by atoms with Crippen LogP contribution in [0.15, 0.2) is 54.7 Å². The van der Waals surface area contributed by atoms with E-state index < -0.39 is 0 Å². The normalized spacial score (nSPS) is 12.9. The Morgan fingerprint density at radius 2 is 2.04 bits per heavy atom. The van der Waals surface area contributed by atoms with Gasteiger partial charge in [0.25, 0.3) is 5.91 Å². The summed E-state index contributed by atoms with van der Waals surface area (Å²) in [5.41, 5.74) is 3.42. The third-order valence-corrected chi connectivity index (χ3v) is 4.61. The molecular weight excluding hydrogens is 324 g/mol. The Bertz CT molecular complexity index is 989. The fraction of sp³-hybridized carbons (Fsp3) is 0.190. The summed E-state index contributed by atoms with van der Waals surface area (Å²) in [4.78, 5) is 17.4. The van der Waals surface area contributed by atoms with Crippen LogP contribution in [0.2, 0.25) is 0 Å². The van der Waals surface area contributed by atoms with Gasteiger partial charge in [0.15, 0.2) is 0 Å². The third-order valence-electron chi connectivity index (χ3n) is 4.61. The van der Waals surface area contributed by atoms with Crippen molar-refractivity contribution in [3.05, 3.63) is 71.7 Å². The first-order chi connectivity index (χ1) is 12.7. The smallest absolute Gasteiger partial charge is 0.255 e. The van der Waals surface area contributed by atoms with Crippen molar-refractivity contribution in [1.29, 1.82) is 5.26 Å². The van der Waals surface area contributed by atoms with Gasteiger partial charge >= 0.3 is 0 Å². The standard InChI is InChI=1S/C21H18N4O/c22-13-15-6-5-7-16(12-15)21(26)24-18-9-2-1-8-17(18)19-14-25-11-4-3-10-20(25)23-19/h1-2,5-9,12,14H,3-4,10-11H2,(H,24,26). The summed E-state index contributed by atoms with van der Waals surface area (Å²) < 4.78 is 2.20. The van der Waals surface area contributed by atoms with E-state index in [-0.39, 0.29) is 5.91 Å². The molecule has 0 saturated heterocycles. The quantitative estimate of drug-likeness (QED) is 0.782. The van der Waals surface area contributed by atoms with Crippen molar-refractivity contribution in [2.75, 3.05) is 5.32 Å². The molecule has 0 bridgehead atoms. The number of hydrogen-bond donors (Lipinski definition) is 1. The molecule has 1 amide bonds. The number of aromatic nitrogens is 2. The number of nitrogens with one attached hydrogen (secondary N) is 1. The molecule has 0 radical (unpaired) electrons. The van der Waals surface area contributed by atoms with E-state index in [0.717, 1.165) is 35.7 Å². The Labute approximate surface area is 151 Å². The van der Waals surface area contributed by atoms with Crippen LogP contribution in [0.3, 0.4) is 0 Å². The molecule has 1 aromatic heterocycles. The van der Waals surface area contributed by atoms with Gasteiger partial charge in [-0.2, -0.15) is 5.26 Å². The van der Waals surface area contributed by atoms with Crippen molar-refractivity contribution in [2.24, 2.45) is 0 Å². The van der Waals surface area contributed by atoms with Crippen LogP contribution in [-0.4, -0.2) is 15.5 Å². The average Bonchev–Trinajstić information content (AvgIpc) is 3.12. The van der Waals surface area contributed by atoms with Crippen molar-refractivity contribution in [3.63, 3.8) is 0 Å². The molecule has 0 atom stereocenters. The number of rotatable bonds is 3. The Balaban J connectivity index is 1.65. The SMILES string of the molecule is N#Cc1cccc(C(=O)Nc2ccccc2-c2cn3c(n2)CCCC3)c1. The second kappa shape index (κ2) is 6.85. The third kappa shape index (κ3) is 3.09. The number of imidazole rings is 1. The van der Waals surface area contributed by atoms with Crippen LogP contribution in [0.4, 0.5) is 5.69 Å². The van der Waals surface area contributed by atoms with Crippen molar-refractivity contribution in [2.45, 2.75) is 25.8 Å². The van der Waals surface area contributed by atoms with E-state index in [1.165, 1.54) is 12.8 Å². The van der Waals surface area contributed by atoms with Crippen molar-refractivity contribution < 1.29 is 4.79 Å². The zero-order valence-electron chi connectivity index (χ0n) is 14.3. The van der Waals surface area contributed by atoms with Gasteiger partial charge in [-0.1, -0.05) is 24.3 Å². The molecule has 4 rings (SSSR count). The van der Waals surface area contributed by atoms with E-state index in [9.17, 15) is 4.79 Å². The van der Waals surface area contributed by atoms with Crippen LogP contribution in [-0.2, 0) is 13.0 Å². The predicted molar refractivity (Wildman–Crippen MR) is 99.7 cm³/mol. The van der Waals surface area contributed by atoms with E-state index in [4.69, 9.17) is 10.2 Å². The molecular formula is C21H18N4O. The maximum atomic E-state index is 12.6. The minimum absolute atomic E-state index is 0.237. The molecule has 3 aromatic rings. The highest BCUT2D eigenvalue weighted by Gasteiger charge is 2.16. The summed E-state index contributed by atoms with van der Waals surface area (Å²) in [6.07, 6.45) is 5.41. The number of carbonyl (C=O) groups is 1. The number of nitrogens with zero attached hydrogens (tertiary/aromatic N) is 3. The molecule has 1 aliphatic rings. The molecule has 1 N–H and O–H groups in total. The molecule has 5 nitrogen and oxygen atoms in total. The molecule has 5 heteroatoms. The predicted octanol–water partition coefficient (Wildman–Crippen LogP) is 4.01. The van der Waals surface area contributed by atoms with E-state index in [2.05, 4.69) is 22.1 Å². The Hall–Kier alpha value is -3.39. The van der Waals surface area contributed by atoms with E-state index in [1.54, 1.807) is 24.3 Å². The van der Waals surface area contributed by atoms with Crippen molar-refractivity contribution >= 4 is 11.6 Å². The van der Waals surface area contributed by atoms with Crippen LogP contribution in [0.1, 0.15) is 34.6 Å². The van der Waals surface area contributed by atoms with Crippen molar-refractivity contribution in [1.82, 2.24) is 9.55 Å². The molecule has 2 aromatic carbocycles. The van der Waals surface area contributed by atoms with Gasteiger partial charge < -0.3 is 9.88 Å². The molecule has 1 aliphatic heterocycles. The molecule has 0 fully saturated rings. The summed E-state index contributed by atoms with van der Waals surface area (Å²) in [7, 11) is 0. The lowest BCUT2D eigenvalue weighted by molar-refractivity contribution is 0.102. The number of carbonyl (C=O) groups excluding carboxylic acids is 1. The van der Waals surface area contributed by atoms with Gasteiger partial charge in [0, 0.05) is 30.3 Å². The molecule has 26 heavy (non-hydrogen) atoms. The number of anilines is 1. The molecule has 0 saturated carbocycles. The number of amides is 1. The molecule has 0 unspecified atom stereocenters. The van der Waals surface area contributed by atoms with Gasteiger partial charge in [0.05, 0.1) is 23.0 Å². The van der Waals surface area contributed by atoms with E-state index in [0.29, 0.717) is 11.1 Å². The van der Waals surface area contributed by atoms with Gasteiger partial charge in [-0.25, -0.2) is 4.98 Å². The van der Waals surface area contributed by atoms with Crippen LogP contribution in [0, 0.1) is 11.3 Å². The van der Waals surface area contributed by atoms with Gasteiger partial charge in [0.2, 0.25) is 0 Å². The molecule has 0 spiro atoms. The zero-order chi connectivity index (χ0) is 17.9. The van der Waals surface area contributed by atoms with Crippen LogP contribution < -0.4 is 5.32 Å². The fourth-order valence-corrected chi connectivity index (χ4v) is 3.28. The maximum Gasteiger partial charge on any atom is 0.255 e. The first kappa shape index (κ1) is 16.1. The van der Waals surface area contributed by atoms with Crippen molar-refractivity contribution in [3.8, 4) is 17.3 Å².